The number of hydrogen-bond acceptors (Lipinski definition) is 0. The molecule has 1 aliphatic carbocycles. The van der Waals surface area contributed by atoms with E-state index in [1.54, 1.807) is 0 Å². The third-order valence-corrected chi connectivity index (χ3v) is 4.31. The highest BCUT2D eigenvalue weighted by atomic mass is 14.3. The van der Waals surface area contributed by atoms with Crippen LogP contribution in [0.25, 0.3) is 0 Å². The Labute approximate surface area is 100 Å². The second kappa shape index (κ2) is 5.52. The van der Waals surface area contributed by atoms with Gasteiger partial charge in [-0.05, 0) is 29.7 Å². The smallest absolute Gasteiger partial charge is 0.0188 e. The first-order chi connectivity index (χ1) is 7.77. The molecule has 1 saturated carbocycles. The molecule has 0 saturated heterocycles. The third-order valence-electron chi connectivity index (χ3n) is 4.31. The molecule has 0 nitrogen and oxygen atoms in total. The van der Waals surface area contributed by atoms with Crippen LogP contribution in [0, 0.1) is 11.8 Å². The van der Waals surface area contributed by atoms with E-state index in [4.69, 9.17) is 0 Å². The van der Waals surface area contributed by atoms with Crippen molar-refractivity contribution in [3.63, 3.8) is 0 Å². The summed E-state index contributed by atoms with van der Waals surface area (Å²) < 4.78 is 0. The van der Waals surface area contributed by atoms with Gasteiger partial charge in [-0.2, -0.15) is 0 Å². The predicted molar refractivity (Wildman–Crippen MR) is 70.6 cm³/mol. The normalized spacial score (nSPS) is 27.6. The molecule has 0 N–H and O–H groups in total. The molecule has 0 spiro atoms. The summed E-state index contributed by atoms with van der Waals surface area (Å²) in [6, 6.07) is 11.0. The lowest BCUT2D eigenvalue weighted by Crippen LogP contribution is -2.18. The minimum absolute atomic E-state index is 0.728. The molecule has 0 heterocycles. The van der Waals surface area contributed by atoms with Crippen LogP contribution in [0.2, 0.25) is 0 Å². The summed E-state index contributed by atoms with van der Waals surface area (Å²) in [7, 11) is 0. The fraction of sp³-hybridized carbons (Fsp3) is 0.625. The molecule has 1 fully saturated rings. The van der Waals surface area contributed by atoms with E-state index in [-0.39, 0.29) is 0 Å². The van der Waals surface area contributed by atoms with E-state index in [9.17, 15) is 0 Å². The maximum atomic E-state index is 2.45. The van der Waals surface area contributed by atoms with Crippen LogP contribution in [0.4, 0.5) is 0 Å². The van der Waals surface area contributed by atoms with Crippen LogP contribution >= 0.6 is 0 Å². The molecule has 1 aromatic carbocycles. The Kier molecular flexibility index (Phi) is 4.04. The van der Waals surface area contributed by atoms with Gasteiger partial charge in [-0.25, -0.2) is 0 Å². The van der Waals surface area contributed by atoms with Gasteiger partial charge in [-0.1, -0.05) is 69.9 Å². The standard InChI is InChI=1S/C16H24/c1-13-8-6-7-11-16(13)12-14(2)15-9-4-3-5-10-15/h3-5,9-10,13-14,16H,6-8,11-12H2,1-2H3. The largest absolute Gasteiger partial charge is 0.0622 e. The molecule has 1 aliphatic rings. The highest BCUT2D eigenvalue weighted by Crippen LogP contribution is 2.36. The fourth-order valence-electron chi connectivity index (χ4n) is 3.11. The SMILES string of the molecule is CC(CC1CCCCC1C)c1ccccc1. The molecule has 16 heavy (non-hydrogen) atoms. The van der Waals surface area contributed by atoms with E-state index in [1.165, 1.54) is 37.7 Å². The first-order valence-electron chi connectivity index (χ1n) is 6.82. The summed E-state index contributed by atoms with van der Waals surface area (Å²) in [5.74, 6) is 2.63. The summed E-state index contributed by atoms with van der Waals surface area (Å²) in [6.45, 7) is 4.83. The zero-order chi connectivity index (χ0) is 11.4. The Balaban J connectivity index is 1.94. The van der Waals surface area contributed by atoms with Crippen LogP contribution < -0.4 is 0 Å². The monoisotopic (exact) mass is 216 g/mol. The van der Waals surface area contributed by atoms with Crippen LogP contribution in [-0.2, 0) is 0 Å². The molecular weight excluding hydrogens is 192 g/mol. The number of benzene rings is 1. The maximum absolute atomic E-state index is 2.45. The van der Waals surface area contributed by atoms with E-state index in [0.717, 1.165) is 17.8 Å². The average Bonchev–Trinajstić information content (AvgIpc) is 2.33. The van der Waals surface area contributed by atoms with Gasteiger partial charge in [0.05, 0.1) is 0 Å². The first-order valence-corrected chi connectivity index (χ1v) is 6.82. The molecule has 2 rings (SSSR count). The molecule has 3 unspecified atom stereocenters. The van der Waals surface area contributed by atoms with Crippen LogP contribution in [0.1, 0.15) is 57.4 Å². The highest BCUT2D eigenvalue weighted by Gasteiger charge is 2.23. The highest BCUT2D eigenvalue weighted by molar-refractivity contribution is 5.18. The van der Waals surface area contributed by atoms with E-state index in [2.05, 4.69) is 44.2 Å². The van der Waals surface area contributed by atoms with Crippen molar-refractivity contribution in [2.24, 2.45) is 11.8 Å². The zero-order valence-corrected chi connectivity index (χ0v) is 10.7. The Hall–Kier alpha value is -0.780. The van der Waals surface area contributed by atoms with Crippen molar-refractivity contribution in [2.45, 2.75) is 51.9 Å². The van der Waals surface area contributed by atoms with Crippen molar-refractivity contribution in [1.82, 2.24) is 0 Å². The summed E-state index contributed by atoms with van der Waals surface area (Å²) >= 11 is 0. The van der Waals surface area contributed by atoms with Gasteiger partial charge < -0.3 is 0 Å². The molecule has 0 bridgehead atoms. The summed E-state index contributed by atoms with van der Waals surface area (Å²) in [5, 5.41) is 0. The number of rotatable bonds is 3. The van der Waals surface area contributed by atoms with Crippen LogP contribution in [0.5, 0.6) is 0 Å². The van der Waals surface area contributed by atoms with Crippen molar-refractivity contribution in [3.8, 4) is 0 Å². The molecular formula is C16H24. The van der Waals surface area contributed by atoms with Crippen molar-refractivity contribution < 1.29 is 0 Å². The fourth-order valence-corrected chi connectivity index (χ4v) is 3.11. The number of hydrogen-bond donors (Lipinski definition) is 0. The van der Waals surface area contributed by atoms with Gasteiger partial charge in [0.1, 0.15) is 0 Å². The maximum Gasteiger partial charge on any atom is -0.0188 e. The van der Waals surface area contributed by atoms with Crippen molar-refractivity contribution in [2.75, 3.05) is 0 Å². The molecule has 1 aromatic rings. The van der Waals surface area contributed by atoms with Gasteiger partial charge in [0.2, 0.25) is 0 Å². The van der Waals surface area contributed by atoms with Gasteiger partial charge in [0.25, 0.3) is 0 Å². The molecule has 0 amide bonds. The van der Waals surface area contributed by atoms with E-state index >= 15 is 0 Å². The predicted octanol–water partition coefficient (Wildman–Crippen LogP) is 5.01. The van der Waals surface area contributed by atoms with Crippen molar-refractivity contribution >= 4 is 0 Å². The van der Waals surface area contributed by atoms with Gasteiger partial charge in [-0.3, -0.25) is 0 Å². The third kappa shape index (κ3) is 2.87. The van der Waals surface area contributed by atoms with E-state index in [1.807, 2.05) is 0 Å². The van der Waals surface area contributed by atoms with E-state index < -0.39 is 0 Å². The van der Waals surface area contributed by atoms with Gasteiger partial charge in [0, 0.05) is 0 Å². The lowest BCUT2D eigenvalue weighted by molar-refractivity contribution is 0.232. The Morgan fingerprint density at radius 3 is 2.50 bits per heavy atom. The molecule has 3 atom stereocenters. The summed E-state index contributed by atoms with van der Waals surface area (Å²) in [5.41, 5.74) is 1.51. The molecule has 88 valence electrons. The van der Waals surface area contributed by atoms with Crippen molar-refractivity contribution in [1.29, 1.82) is 0 Å². The minimum atomic E-state index is 0.728. The van der Waals surface area contributed by atoms with Crippen LogP contribution in [0.15, 0.2) is 30.3 Å². The van der Waals surface area contributed by atoms with Crippen LogP contribution in [0.3, 0.4) is 0 Å². The second-order valence-electron chi connectivity index (χ2n) is 5.57. The summed E-state index contributed by atoms with van der Waals surface area (Å²) in [4.78, 5) is 0. The van der Waals surface area contributed by atoms with Crippen molar-refractivity contribution in [3.05, 3.63) is 35.9 Å². The topological polar surface area (TPSA) is 0 Å². The van der Waals surface area contributed by atoms with Gasteiger partial charge in [-0.15, -0.1) is 0 Å². The Morgan fingerprint density at radius 2 is 1.81 bits per heavy atom. The Bertz CT molecular complexity index is 301. The molecule has 0 heteroatoms. The second-order valence-corrected chi connectivity index (χ2v) is 5.57. The van der Waals surface area contributed by atoms with Gasteiger partial charge >= 0.3 is 0 Å². The summed E-state index contributed by atoms with van der Waals surface area (Å²) in [6.07, 6.45) is 7.20. The zero-order valence-electron chi connectivity index (χ0n) is 10.7. The minimum Gasteiger partial charge on any atom is -0.0622 e. The quantitative estimate of drug-likeness (QED) is 0.666. The first kappa shape index (κ1) is 11.7. The lowest BCUT2D eigenvalue weighted by atomic mass is 9.75. The molecule has 0 aliphatic heterocycles. The average molecular weight is 216 g/mol. The van der Waals surface area contributed by atoms with Crippen LogP contribution in [-0.4, -0.2) is 0 Å². The molecule has 0 aromatic heterocycles. The molecule has 0 radical (unpaired) electrons. The van der Waals surface area contributed by atoms with E-state index in [0.29, 0.717) is 0 Å². The lowest BCUT2D eigenvalue weighted by Gasteiger charge is -2.31. The Morgan fingerprint density at radius 1 is 1.12 bits per heavy atom. The van der Waals surface area contributed by atoms with Gasteiger partial charge in [0.15, 0.2) is 0 Å².